The fourth-order valence-electron chi connectivity index (χ4n) is 3.86. The van der Waals surface area contributed by atoms with Crippen molar-refractivity contribution in [3.8, 4) is 0 Å². The largest absolute Gasteiger partial charge is 0.481 e. The number of rotatable bonds is 11. The highest BCUT2D eigenvalue weighted by Crippen LogP contribution is 2.30. The Kier molecular flexibility index (Phi) is 17.0. The predicted octanol–water partition coefficient (Wildman–Crippen LogP) is 3.77. The van der Waals surface area contributed by atoms with Gasteiger partial charge in [0, 0.05) is 26.6 Å². The van der Waals surface area contributed by atoms with E-state index in [1.165, 1.54) is 38.5 Å². The van der Waals surface area contributed by atoms with Gasteiger partial charge in [-0.3, -0.25) is 9.59 Å². The molecular formula is C23H46N4O4. The Hall–Kier alpha value is -1.67. The second-order valence-electron chi connectivity index (χ2n) is 8.08. The van der Waals surface area contributed by atoms with Gasteiger partial charge < -0.3 is 20.2 Å². The average molecular weight is 443 g/mol. The maximum absolute atomic E-state index is 11.3. The minimum Gasteiger partial charge on any atom is -0.481 e. The van der Waals surface area contributed by atoms with E-state index >= 15 is 0 Å². The van der Waals surface area contributed by atoms with E-state index < -0.39 is 5.97 Å². The van der Waals surface area contributed by atoms with Crippen LogP contribution in [0.25, 0.3) is 0 Å². The van der Waals surface area contributed by atoms with Crippen LogP contribution in [0.1, 0.15) is 78.6 Å². The summed E-state index contributed by atoms with van der Waals surface area (Å²) in [5, 5.41) is 13.3. The van der Waals surface area contributed by atoms with E-state index in [9.17, 15) is 9.90 Å². The van der Waals surface area contributed by atoms with Gasteiger partial charge >= 0.3 is 5.97 Å². The summed E-state index contributed by atoms with van der Waals surface area (Å²) >= 11 is 0. The maximum Gasteiger partial charge on any atom is 0.304 e. The number of carboxylic acids is 1. The van der Waals surface area contributed by atoms with Gasteiger partial charge in [0.1, 0.15) is 0 Å². The van der Waals surface area contributed by atoms with Crippen molar-refractivity contribution in [2.75, 3.05) is 34.2 Å². The van der Waals surface area contributed by atoms with Crippen LogP contribution in [0.2, 0.25) is 0 Å². The first kappa shape index (κ1) is 29.3. The molecule has 2 N–H and O–H groups in total. The molecule has 0 saturated heterocycles. The van der Waals surface area contributed by atoms with Crippen molar-refractivity contribution < 1.29 is 19.5 Å². The Bertz CT molecular complexity index is 510. The minimum atomic E-state index is -0.772. The first-order valence-corrected chi connectivity index (χ1v) is 11.9. The van der Waals surface area contributed by atoms with E-state index in [1.54, 1.807) is 12.1 Å². The van der Waals surface area contributed by atoms with E-state index in [0.717, 1.165) is 31.8 Å². The standard InChI is InChI=1S/C19H35N3O3.C2H5NO.C2H6/c1-4-21(2)14-17-20-19(25-22(17)3)16(13-18(23)24)12-8-11-15-9-6-5-7-10-15;1-3-2-4;1-2/h15-17H,4-14H2,1-3H3,(H,23,24);2H,1H3,(H,3,4);1-2H3/t16-,17?;;/m1../s1. The van der Waals surface area contributed by atoms with Crippen molar-refractivity contribution in [1.29, 1.82) is 0 Å². The maximum atomic E-state index is 11.3. The lowest BCUT2D eigenvalue weighted by molar-refractivity contribution is -0.138. The number of amides is 1. The first-order valence-electron chi connectivity index (χ1n) is 11.9. The lowest BCUT2D eigenvalue weighted by Crippen LogP contribution is -2.36. The summed E-state index contributed by atoms with van der Waals surface area (Å²) in [6.45, 7) is 7.85. The molecular weight excluding hydrogens is 396 g/mol. The number of hydrogen-bond acceptors (Lipinski definition) is 6. The van der Waals surface area contributed by atoms with Gasteiger partial charge in [0.05, 0.1) is 6.42 Å². The van der Waals surface area contributed by atoms with Crippen molar-refractivity contribution in [2.45, 2.75) is 84.7 Å². The Morgan fingerprint density at radius 2 is 1.97 bits per heavy atom. The molecule has 0 aromatic heterocycles. The lowest BCUT2D eigenvalue weighted by Gasteiger charge is -2.23. The third-order valence-corrected chi connectivity index (χ3v) is 5.73. The van der Waals surface area contributed by atoms with Crippen LogP contribution in [-0.2, 0) is 14.4 Å². The van der Waals surface area contributed by atoms with Gasteiger partial charge in [0.2, 0.25) is 12.3 Å². The van der Waals surface area contributed by atoms with Crippen LogP contribution >= 0.6 is 0 Å². The molecule has 1 unspecified atom stereocenters. The third-order valence-electron chi connectivity index (χ3n) is 5.73. The molecule has 1 heterocycles. The number of carbonyl (C=O) groups is 2. The van der Waals surface area contributed by atoms with Gasteiger partial charge in [-0.05, 0) is 25.9 Å². The monoisotopic (exact) mass is 442 g/mol. The molecule has 0 radical (unpaired) electrons. The van der Waals surface area contributed by atoms with Crippen LogP contribution in [-0.4, -0.2) is 73.7 Å². The van der Waals surface area contributed by atoms with Crippen molar-refractivity contribution in [3.63, 3.8) is 0 Å². The fourth-order valence-corrected chi connectivity index (χ4v) is 3.86. The molecule has 0 aromatic rings. The van der Waals surface area contributed by atoms with Crippen molar-refractivity contribution >= 4 is 18.3 Å². The van der Waals surface area contributed by atoms with Gasteiger partial charge in [0.15, 0.2) is 6.17 Å². The van der Waals surface area contributed by atoms with Gasteiger partial charge in [-0.1, -0.05) is 65.7 Å². The number of carbonyl (C=O) groups excluding carboxylic acids is 1. The summed E-state index contributed by atoms with van der Waals surface area (Å²) < 4.78 is 0. The molecule has 2 atom stereocenters. The molecule has 182 valence electrons. The zero-order valence-corrected chi connectivity index (χ0v) is 20.6. The number of carboxylic acid groups (broad SMARTS) is 1. The second kappa shape index (κ2) is 18.0. The summed E-state index contributed by atoms with van der Waals surface area (Å²) in [6, 6.07) is 0. The minimum absolute atomic E-state index is 0.0467. The Morgan fingerprint density at radius 3 is 2.48 bits per heavy atom. The van der Waals surface area contributed by atoms with Crippen LogP contribution < -0.4 is 5.32 Å². The highest BCUT2D eigenvalue weighted by molar-refractivity contribution is 5.83. The lowest BCUT2D eigenvalue weighted by atomic mass is 9.84. The molecule has 8 nitrogen and oxygen atoms in total. The molecule has 1 aliphatic heterocycles. The zero-order valence-electron chi connectivity index (χ0n) is 20.6. The summed E-state index contributed by atoms with van der Waals surface area (Å²) in [4.78, 5) is 33.0. The summed E-state index contributed by atoms with van der Waals surface area (Å²) in [6.07, 6.45) is 10.6. The molecule has 0 bridgehead atoms. The number of nitrogens with one attached hydrogen (secondary N) is 1. The molecule has 1 aliphatic carbocycles. The van der Waals surface area contributed by atoms with Gasteiger partial charge in [-0.2, -0.15) is 0 Å². The number of hydrogen-bond donors (Lipinski definition) is 2. The Labute approximate surface area is 189 Å². The van der Waals surface area contributed by atoms with E-state index in [4.69, 9.17) is 14.6 Å². The number of nitrogens with zero attached hydrogens (tertiary/aromatic N) is 3. The van der Waals surface area contributed by atoms with Gasteiger partial charge in [0.25, 0.3) is 0 Å². The van der Waals surface area contributed by atoms with E-state index in [2.05, 4.69) is 24.2 Å². The number of likely N-dealkylation sites (N-methyl/N-ethyl adjacent to an activating group) is 2. The predicted molar refractivity (Wildman–Crippen MR) is 126 cm³/mol. The van der Waals surface area contributed by atoms with Crippen molar-refractivity contribution in [1.82, 2.24) is 15.3 Å². The number of hydroxylamine groups is 2. The molecule has 0 spiro atoms. The van der Waals surface area contributed by atoms with E-state index in [1.807, 2.05) is 20.9 Å². The third kappa shape index (κ3) is 12.7. The van der Waals surface area contributed by atoms with Gasteiger partial charge in [-0.15, -0.1) is 5.06 Å². The topological polar surface area (TPSA) is 94.5 Å². The van der Waals surface area contributed by atoms with Crippen LogP contribution in [0.5, 0.6) is 0 Å². The van der Waals surface area contributed by atoms with Crippen LogP contribution in [0.3, 0.4) is 0 Å². The highest BCUT2D eigenvalue weighted by atomic mass is 16.7. The van der Waals surface area contributed by atoms with Crippen molar-refractivity contribution in [3.05, 3.63) is 0 Å². The normalized spacial score (nSPS) is 19.8. The summed E-state index contributed by atoms with van der Waals surface area (Å²) in [5.74, 6) is 0.563. The molecule has 31 heavy (non-hydrogen) atoms. The van der Waals surface area contributed by atoms with Crippen molar-refractivity contribution in [2.24, 2.45) is 16.8 Å². The average Bonchev–Trinajstić information content (AvgIpc) is 3.15. The Balaban J connectivity index is 0.00000134. The van der Waals surface area contributed by atoms with Gasteiger partial charge in [-0.25, -0.2) is 4.99 Å². The molecule has 1 amide bonds. The van der Waals surface area contributed by atoms with E-state index in [0.29, 0.717) is 12.3 Å². The summed E-state index contributed by atoms with van der Waals surface area (Å²) in [7, 11) is 5.50. The molecule has 0 aromatic carbocycles. The quantitative estimate of drug-likeness (QED) is 0.473. The van der Waals surface area contributed by atoms with Crippen LogP contribution in [0.4, 0.5) is 0 Å². The fraction of sp³-hybridized carbons (Fsp3) is 0.870. The molecule has 1 fully saturated rings. The SMILES string of the molecule is CC.CCN(C)CC1N=C([C@H](CCCC2CCCCC2)CC(=O)O)ON1C.CNC=O. The zero-order chi connectivity index (χ0) is 23.6. The molecule has 2 rings (SSSR count). The smallest absolute Gasteiger partial charge is 0.304 e. The molecule has 1 saturated carbocycles. The number of aliphatic carboxylic acids is 1. The summed E-state index contributed by atoms with van der Waals surface area (Å²) in [5.41, 5.74) is 0. The molecule has 8 heteroatoms. The van der Waals surface area contributed by atoms with Crippen LogP contribution in [0, 0.1) is 11.8 Å². The Morgan fingerprint density at radius 1 is 1.35 bits per heavy atom. The second-order valence-corrected chi connectivity index (χ2v) is 8.08. The number of aliphatic imine (C=N–C) groups is 1. The van der Waals surface area contributed by atoms with Crippen LogP contribution in [0.15, 0.2) is 4.99 Å². The van der Waals surface area contributed by atoms with E-state index in [-0.39, 0.29) is 18.5 Å². The molecule has 2 aliphatic rings. The first-order chi connectivity index (χ1) is 14.9. The highest BCUT2D eigenvalue weighted by Gasteiger charge is 2.32.